The summed E-state index contributed by atoms with van der Waals surface area (Å²) >= 11 is 0. The Balaban J connectivity index is 2.01. The van der Waals surface area contributed by atoms with Gasteiger partial charge in [-0.05, 0) is 41.8 Å². The lowest BCUT2D eigenvalue weighted by molar-refractivity contribution is -0.119. The summed E-state index contributed by atoms with van der Waals surface area (Å²) in [5.74, 6) is 1.87. The molecule has 1 amide bonds. The van der Waals surface area contributed by atoms with Crippen molar-refractivity contribution in [2.45, 2.75) is 26.8 Å². The molecule has 0 spiro atoms. The van der Waals surface area contributed by atoms with Gasteiger partial charge < -0.3 is 20.5 Å². The molecular formula is C19H24N2O3. The van der Waals surface area contributed by atoms with E-state index in [0.29, 0.717) is 17.2 Å². The van der Waals surface area contributed by atoms with Crippen molar-refractivity contribution >= 4 is 11.6 Å². The lowest BCUT2D eigenvalue weighted by atomic mass is 9.87. The highest BCUT2D eigenvalue weighted by atomic mass is 16.5. The monoisotopic (exact) mass is 328 g/mol. The minimum absolute atomic E-state index is 0.205. The van der Waals surface area contributed by atoms with Crippen LogP contribution in [0.15, 0.2) is 48.5 Å². The number of ether oxygens (including phenoxy) is 2. The molecule has 0 heterocycles. The van der Waals surface area contributed by atoms with Crippen molar-refractivity contribution in [3.05, 3.63) is 48.5 Å². The first-order chi connectivity index (χ1) is 11.3. The molecule has 128 valence electrons. The number of rotatable bonds is 5. The van der Waals surface area contributed by atoms with Crippen molar-refractivity contribution < 1.29 is 14.3 Å². The van der Waals surface area contributed by atoms with Gasteiger partial charge in [0.1, 0.15) is 17.2 Å². The standard InChI is InChI=1S/C19H24N2O3/c1-19(2,3)17(20)18(22)21-13-8-10-14(11-9-13)24-16-7-5-6-15(12-16)23-4/h5-12,17H,20H2,1-4H3,(H,21,22)/t17-/m1/s1. The van der Waals surface area contributed by atoms with Crippen LogP contribution in [-0.4, -0.2) is 19.1 Å². The van der Waals surface area contributed by atoms with Crippen LogP contribution in [0.1, 0.15) is 20.8 Å². The number of methoxy groups -OCH3 is 1. The Morgan fingerprint density at radius 3 is 2.25 bits per heavy atom. The van der Waals surface area contributed by atoms with Gasteiger partial charge in [-0.3, -0.25) is 4.79 Å². The number of hydrogen-bond donors (Lipinski definition) is 2. The highest BCUT2D eigenvalue weighted by Crippen LogP contribution is 2.26. The topological polar surface area (TPSA) is 73.6 Å². The van der Waals surface area contributed by atoms with E-state index in [-0.39, 0.29) is 11.3 Å². The average molecular weight is 328 g/mol. The number of nitrogens with one attached hydrogen (secondary N) is 1. The smallest absolute Gasteiger partial charge is 0.241 e. The second kappa shape index (κ2) is 7.36. The molecule has 1 atom stereocenters. The minimum Gasteiger partial charge on any atom is -0.497 e. The number of nitrogens with two attached hydrogens (primary N) is 1. The van der Waals surface area contributed by atoms with Crippen LogP contribution in [0.3, 0.4) is 0 Å². The average Bonchev–Trinajstić information content (AvgIpc) is 2.55. The zero-order valence-electron chi connectivity index (χ0n) is 14.5. The third kappa shape index (κ3) is 4.73. The summed E-state index contributed by atoms with van der Waals surface area (Å²) in [4.78, 5) is 12.1. The van der Waals surface area contributed by atoms with Crippen molar-refractivity contribution in [1.29, 1.82) is 0 Å². The quantitative estimate of drug-likeness (QED) is 0.875. The van der Waals surface area contributed by atoms with Crippen molar-refractivity contribution in [3.8, 4) is 17.2 Å². The van der Waals surface area contributed by atoms with E-state index >= 15 is 0 Å². The van der Waals surface area contributed by atoms with Gasteiger partial charge in [-0.15, -0.1) is 0 Å². The largest absolute Gasteiger partial charge is 0.497 e. The molecular weight excluding hydrogens is 304 g/mol. The number of benzene rings is 2. The first kappa shape index (κ1) is 17.8. The van der Waals surface area contributed by atoms with Crippen LogP contribution >= 0.6 is 0 Å². The van der Waals surface area contributed by atoms with Crippen LogP contribution in [0.25, 0.3) is 0 Å². The van der Waals surface area contributed by atoms with E-state index in [4.69, 9.17) is 15.2 Å². The Hall–Kier alpha value is -2.53. The first-order valence-electron chi connectivity index (χ1n) is 7.78. The maximum atomic E-state index is 12.1. The summed E-state index contributed by atoms with van der Waals surface area (Å²) in [5, 5.41) is 2.82. The van der Waals surface area contributed by atoms with Gasteiger partial charge in [0.05, 0.1) is 13.2 Å². The fourth-order valence-corrected chi connectivity index (χ4v) is 2.02. The van der Waals surface area contributed by atoms with Crippen LogP contribution in [-0.2, 0) is 4.79 Å². The Morgan fingerprint density at radius 2 is 1.67 bits per heavy atom. The van der Waals surface area contributed by atoms with Gasteiger partial charge in [0.15, 0.2) is 0 Å². The number of hydrogen-bond acceptors (Lipinski definition) is 4. The summed E-state index contributed by atoms with van der Waals surface area (Å²) in [6.45, 7) is 5.80. The molecule has 0 saturated carbocycles. The van der Waals surface area contributed by atoms with Gasteiger partial charge in [0.25, 0.3) is 0 Å². The normalized spacial score (nSPS) is 12.4. The van der Waals surface area contributed by atoms with E-state index in [9.17, 15) is 4.79 Å². The number of amides is 1. The molecule has 0 bridgehead atoms. The summed E-state index contributed by atoms with van der Waals surface area (Å²) < 4.78 is 10.9. The Bertz CT molecular complexity index is 691. The molecule has 24 heavy (non-hydrogen) atoms. The summed E-state index contributed by atoms with van der Waals surface area (Å²) in [7, 11) is 1.61. The molecule has 0 aliphatic rings. The second-order valence-corrected chi connectivity index (χ2v) is 6.64. The van der Waals surface area contributed by atoms with Crippen molar-refractivity contribution in [1.82, 2.24) is 0 Å². The van der Waals surface area contributed by atoms with Crippen LogP contribution in [0.5, 0.6) is 17.2 Å². The molecule has 2 aromatic carbocycles. The van der Waals surface area contributed by atoms with Crippen LogP contribution in [0.2, 0.25) is 0 Å². The van der Waals surface area contributed by atoms with Gasteiger partial charge in [-0.1, -0.05) is 26.8 Å². The van der Waals surface area contributed by atoms with E-state index in [1.165, 1.54) is 0 Å². The predicted octanol–water partition coefficient (Wildman–Crippen LogP) is 3.80. The second-order valence-electron chi connectivity index (χ2n) is 6.64. The van der Waals surface area contributed by atoms with E-state index in [1.807, 2.05) is 39.0 Å². The third-order valence-corrected chi connectivity index (χ3v) is 3.61. The molecule has 0 radical (unpaired) electrons. The maximum Gasteiger partial charge on any atom is 0.241 e. The van der Waals surface area contributed by atoms with Crippen molar-refractivity contribution in [2.75, 3.05) is 12.4 Å². The molecule has 3 N–H and O–H groups in total. The lowest BCUT2D eigenvalue weighted by Gasteiger charge is -2.25. The van der Waals surface area contributed by atoms with Crippen molar-refractivity contribution in [3.63, 3.8) is 0 Å². The molecule has 2 rings (SSSR count). The molecule has 0 aromatic heterocycles. The molecule has 0 aliphatic carbocycles. The highest BCUT2D eigenvalue weighted by Gasteiger charge is 2.27. The number of anilines is 1. The zero-order valence-corrected chi connectivity index (χ0v) is 14.5. The van der Waals surface area contributed by atoms with E-state index in [0.717, 1.165) is 5.75 Å². The Labute approximate surface area is 142 Å². The van der Waals surface area contributed by atoms with Gasteiger partial charge in [-0.2, -0.15) is 0 Å². The van der Waals surface area contributed by atoms with Gasteiger partial charge in [0, 0.05) is 11.8 Å². The molecule has 0 saturated heterocycles. The van der Waals surface area contributed by atoms with Crippen LogP contribution in [0.4, 0.5) is 5.69 Å². The lowest BCUT2D eigenvalue weighted by Crippen LogP contribution is -2.45. The number of carbonyl (C=O) groups excluding carboxylic acids is 1. The molecule has 0 fully saturated rings. The fourth-order valence-electron chi connectivity index (χ4n) is 2.02. The summed E-state index contributed by atoms with van der Waals surface area (Å²) in [6, 6.07) is 13.9. The van der Waals surface area contributed by atoms with Crippen LogP contribution in [0, 0.1) is 5.41 Å². The third-order valence-electron chi connectivity index (χ3n) is 3.61. The fraction of sp³-hybridized carbons (Fsp3) is 0.316. The van der Waals surface area contributed by atoms with Crippen LogP contribution < -0.4 is 20.5 Å². The van der Waals surface area contributed by atoms with E-state index in [2.05, 4.69) is 5.32 Å². The highest BCUT2D eigenvalue weighted by molar-refractivity contribution is 5.95. The zero-order chi connectivity index (χ0) is 17.7. The van der Waals surface area contributed by atoms with Gasteiger partial charge in [-0.25, -0.2) is 0 Å². The van der Waals surface area contributed by atoms with Gasteiger partial charge in [0.2, 0.25) is 5.91 Å². The molecule has 0 unspecified atom stereocenters. The van der Waals surface area contributed by atoms with Crippen molar-refractivity contribution in [2.24, 2.45) is 11.1 Å². The molecule has 2 aromatic rings. The molecule has 5 heteroatoms. The van der Waals surface area contributed by atoms with Gasteiger partial charge >= 0.3 is 0 Å². The summed E-state index contributed by atoms with van der Waals surface area (Å²) in [5.41, 5.74) is 6.34. The Morgan fingerprint density at radius 1 is 1.04 bits per heavy atom. The number of carbonyl (C=O) groups is 1. The summed E-state index contributed by atoms with van der Waals surface area (Å²) in [6.07, 6.45) is 0. The maximum absolute atomic E-state index is 12.1. The van der Waals surface area contributed by atoms with E-state index in [1.54, 1.807) is 37.4 Å². The molecule has 0 aliphatic heterocycles. The van der Waals surface area contributed by atoms with E-state index < -0.39 is 6.04 Å². The Kier molecular flexibility index (Phi) is 5.46. The molecule has 5 nitrogen and oxygen atoms in total. The minimum atomic E-state index is -0.579. The first-order valence-corrected chi connectivity index (χ1v) is 7.78. The SMILES string of the molecule is COc1cccc(Oc2ccc(NC(=O)[C@@H](N)C(C)(C)C)cc2)c1. The predicted molar refractivity (Wildman–Crippen MR) is 95.6 cm³/mol.